The Kier molecular flexibility index (Phi) is 1.94. The van der Waals surface area contributed by atoms with E-state index in [1.807, 2.05) is 0 Å². The lowest BCUT2D eigenvalue weighted by Gasteiger charge is -2.24. The third-order valence-electron chi connectivity index (χ3n) is 3.13. The highest BCUT2D eigenvalue weighted by Gasteiger charge is 2.73. The first kappa shape index (κ1) is 9.71. The van der Waals surface area contributed by atoms with E-state index in [4.69, 9.17) is 21.5 Å². The Morgan fingerprint density at radius 1 is 1.31 bits per heavy atom. The van der Waals surface area contributed by atoms with Crippen molar-refractivity contribution < 1.29 is 13.2 Å². The molecule has 4 nitrogen and oxygen atoms in total. The summed E-state index contributed by atoms with van der Waals surface area (Å²) in [7, 11) is -3.63. The molecule has 0 bridgehead atoms. The summed E-state index contributed by atoms with van der Waals surface area (Å²) in [5.74, 6) is 0. The van der Waals surface area contributed by atoms with Gasteiger partial charge in [-0.3, -0.25) is 0 Å². The molecule has 1 saturated heterocycles. The fraction of sp³-hybridized carbons (Fsp3) is 1.00. The van der Waals surface area contributed by atoms with E-state index >= 15 is 0 Å². The van der Waals surface area contributed by atoms with Gasteiger partial charge in [-0.15, -0.1) is 0 Å². The number of primary sulfonamides is 1. The number of alkyl halides is 1. The fourth-order valence-corrected chi connectivity index (χ4v) is 3.84. The second-order valence-corrected chi connectivity index (χ2v) is 6.50. The standard InChI is InChI=1S/C7H12ClNO3S/c8-7(13(9,10)11)5-6(7)1-3-12-4-2-6/h1-5H2,(H2,9,10,11). The summed E-state index contributed by atoms with van der Waals surface area (Å²) in [5, 5.41) is 5.08. The van der Waals surface area contributed by atoms with Gasteiger partial charge in [-0.2, -0.15) is 0 Å². The smallest absolute Gasteiger partial charge is 0.229 e. The van der Waals surface area contributed by atoms with Gasteiger partial charge in [0.2, 0.25) is 10.0 Å². The molecule has 0 aromatic carbocycles. The van der Waals surface area contributed by atoms with Crippen molar-refractivity contribution in [2.45, 2.75) is 23.5 Å². The molecule has 0 aromatic heterocycles. The van der Waals surface area contributed by atoms with Crippen molar-refractivity contribution in [1.82, 2.24) is 0 Å². The van der Waals surface area contributed by atoms with Gasteiger partial charge < -0.3 is 4.74 Å². The van der Waals surface area contributed by atoms with Crippen molar-refractivity contribution in [3.8, 4) is 0 Å². The molecule has 0 aromatic rings. The summed E-state index contributed by atoms with van der Waals surface area (Å²) in [6, 6.07) is 0. The lowest BCUT2D eigenvalue weighted by atomic mass is 9.97. The molecule has 2 rings (SSSR count). The molecule has 1 heterocycles. The van der Waals surface area contributed by atoms with E-state index in [1.165, 1.54) is 0 Å². The van der Waals surface area contributed by atoms with Crippen LogP contribution in [0.15, 0.2) is 0 Å². The summed E-state index contributed by atoms with van der Waals surface area (Å²) in [4.78, 5) is 0. The van der Waals surface area contributed by atoms with Gasteiger partial charge in [0.15, 0.2) is 4.21 Å². The van der Waals surface area contributed by atoms with Gasteiger partial charge in [-0.05, 0) is 19.3 Å². The molecule has 2 fully saturated rings. The summed E-state index contributed by atoms with van der Waals surface area (Å²) in [6.07, 6.45) is 1.88. The molecule has 1 aliphatic heterocycles. The van der Waals surface area contributed by atoms with Gasteiger partial charge in [0.05, 0.1) is 0 Å². The molecular formula is C7H12ClNO3S. The zero-order chi connectivity index (χ0) is 9.74. The first-order valence-electron chi connectivity index (χ1n) is 4.20. The van der Waals surface area contributed by atoms with Crippen LogP contribution in [-0.4, -0.2) is 25.8 Å². The Balaban J connectivity index is 2.23. The van der Waals surface area contributed by atoms with E-state index in [9.17, 15) is 8.42 Å². The lowest BCUT2D eigenvalue weighted by molar-refractivity contribution is 0.0569. The van der Waals surface area contributed by atoms with Crippen LogP contribution in [0.1, 0.15) is 19.3 Å². The molecule has 2 aliphatic rings. The van der Waals surface area contributed by atoms with Crippen molar-refractivity contribution in [2.75, 3.05) is 13.2 Å². The average molecular weight is 226 g/mol. The van der Waals surface area contributed by atoms with Crippen LogP contribution in [0.4, 0.5) is 0 Å². The second kappa shape index (κ2) is 2.59. The summed E-state index contributed by atoms with van der Waals surface area (Å²) in [5.41, 5.74) is -0.305. The van der Waals surface area contributed by atoms with Crippen molar-refractivity contribution in [2.24, 2.45) is 10.6 Å². The topological polar surface area (TPSA) is 69.4 Å². The van der Waals surface area contributed by atoms with Crippen LogP contribution in [0.2, 0.25) is 0 Å². The van der Waals surface area contributed by atoms with Gasteiger partial charge in [0.1, 0.15) is 0 Å². The van der Waals surface area contributed by atoms with Gasteiger partial charge in [-0.25, -0.2) is 13.6 Å². The van der Waals surface area contributed by atoms with Gasteiger partial charge in [0, 0.05) is 18.6 Å². The van der Waals surface area contributed by atoms with Gasteiger partial charge in [-0.1, -0.05) is 11.6 Å². The summed E-state index contributed by atoms with van der Waals surface area (Å²) < 4.78 is 26.3. The Labute approximate surface area is 82.4 Å². The predicted octanol–water partition coefficient (Wildman–Crippen LogP) is 0.411. The highest BCUT2D eigenvalue weighted by Crippen LogP contribution is 2.68. The average Bonchev–Trinajstić information content (AvgIpc) is 2.58. The Morgan fingerprint density at radius 2 is 1.85 bits per heavy atom. The molecule has 76 valence electrons. The van der Waals surface area contributed by atoms with Crippen molar-refractivity contribution in [1.29, 1.82) is 0 Å². The number of hydrogen-bond acceptors (Lipinski definition) is 3. The third-order valence-corrected chi connectivity index (χ3v) is 5.79. The van der Waals surface area contributed by atoms with Gasteiger partial charge >= 0.3 is 0 Å². The van der Waals surface area contributed by atoms with Crippen molar-refractivity contribution >= 4 is 21.6 Å². The molecule has 1 spiro atoms. The molecule has 1 saturated carbocycles. The number of hydrogen-bond donors (Lipinski definition) is 1. The fourth-order valence-electron chi connectivity index (χ4n) is 2.11. The minimum atomic E-state index is -3.63. The number of ether oxygens (including phenoxy) is 1. The molecule has 13 heavy (non-hydrogen) atoms. The number of nitrogens with two attached hydrogens (primary N) is 1. The lowest BCUT2D eigenvalue weighted by Crippen LogP contribution is -2.34. The first-order valence-corrected chi connectivity index (χ1v) is 6.13. The zero-order valence-electron chi connectivity index (χ0n) is 7.12. The maximum atomic E-state index is 11.2. The van der Waals surface area contributed by atoms with E-state index in [-0.39, 0.29) is 5.41 Å². The van der Waals surface area contributed by atoms with Crippen molar-refractivity contribution in [3.63, 3.8) is 0 Å². The van der Waals surface area contributed by atoms with E-state index < -0.39 is 14.2 Å². The monoisotopic (exact) mass is 225 g/mol. The minimum Gasteiger partial charge on any atom is -0.381 e. The largest absolute Gasteiger partial charge is 0.381 e. The maximum absolute atomic E-state index is 11.2. The number of sulfonamides is 1. The van der Waals surface area contributed by atoms with E-state index in [0.717, 1.165) is 0 Å². The van der Waals surface area contributed by atoms with E-state index in [1.54, 1.807) is 0 Å². The molecular weight excluding hydrogens is 214 g/mol. The number of halogens is 1. The Hall–Kier alpha value is 0.160. The van der Waals surface area contributed by atoms with Gasteiger partial charge in [0.25, 0.3) is 0 Å². The van der Waals surface area contributed by atoms with E-state index in [0.29, 0.717) is 32.5 Å². The molecule has 0 radical (unpaired) electrons. The normalized spacial score (nSPS) is 37.7. The molecule has 1 unspecified atom stereocenters. The Morgan fingerprint density at radius 3 is 2.23 bits per heavy atom. The van der Waals surface area contributed by atoms with Crippen LogP contribution in [0, 0.1) is 5.41 Å². The second-order valence-electron chi connectivity index (χ2n) is 3.84. The molecule has 1 atom stereocenters. The molecule has 2 N–H and O–H groups in total. The van der Waals surface area contributed by atoms with Crippen LogP contribution in [-0.2, 0) is 14.8 Å². The summed E-state index contributed by atoms with van der Waals surface area (Å²) in [6.45, 7) is 1.17. The summed E-state index contributed by atoms with van der Waals surface area (Å²) >= 11 is 5.99. The van der Waals surface area contributed by atoms with E-state index in [2.05, 4.69) is 0 Å². The SMILES string of the molecule is NS(=O)(=O)C1(Cl)CC12CCOCC2. The quantitative estimate of drug-likeness (QED) is 0.658. The van der Waals surface area contributed by atoms with Crippen LogP contribution < -0.4 is 5.14 Å². The first-order chi connectivity index (χ1) is 5.91. The van der Waals surface area contributed by atoms with Crippen molar-refractivity contribution in [3.05, 3.63) is 0 Å². The minimum absolute atomic E-state index is 0.305. The zero-order valence-corrected chi connectivity index (χ0v) is 8.70. The third kappa shape index (κ3) is 1.21. The van der Waals surface area contributed by atoms with Crippen LogP contribution in [0.5, 0.6) is 0 Å². The highest BCUT2D eigenvalue weighted by atomic mass is 35.5. The maximum Gasteiger partial charge on any atom is 0.229 e. The molecule has 6 heteroatoms. The van der Waals surface area contributed by atoms with Crippen LogP contribution in [0.3, 0.4) is 0 Å². The highest BCUT2D eigenvalue weighted by molar-refractivity contribution is 7.92. The number of rotatable bonds is 1. The predicted molar refractivity (Wildman–Crippen MR) is 48.8 cm³/mol. The van der Waals surface area contributed by atoms with Crippen LogP contribution >= 0.6 is 11.6 Å². The Bertz CT molecular complexity index is 323. The molecule has 0 amide bonds. The molecule has 1 aliphatic carbocycles. The van der Waals surface area contributed by atoms with Crippen LogP contribution in [0.25, 0.3) is 0 Å².